The predicted molar refractivity (Wildman–Crippen MR) is 211 cm³/mol. The summed E-state index contributed by atoms with van der Waals surface area (Å²) in [5.41, 5.74) is 14.4. The second kappa shape index (κ2) is 11.5. The Morgan fingerprint density at radius 1 is 0.240 bits per heavy atom. The van der Waals surface area contributed by atoms with Crippen molar-refractivity contribution in [2.24, 2.45) is 0 Å². The van der Waals surface area contributed by atoms with Crippen LogP contribution in [0.1, 0.15) is 0 Å². The van der Waals surface area contributed by atoms with E-state index in [9.17, 15) is 0 Å². The molecule has 2 aromatic heterocycles. The molecule has 0 aliphatic heterocycles. The first-order chi connectivity index (χ1) is 24.8. The average Bonchev–Trinajstić information content (AvgIpc) is 3.71. The van der Waals surface area contributed by atoms with Crippen LogP contribution in [0.5, 0.6) is 0 Å². The molecule has 0 radical (unpaired) electrons. The molecule has 0 atom stereocenters. The number of para-hydroxylation sites is 1. The van der Waals surface area contributed by atoms with Crippen molar-refractivity contribution in [1.29, 1.82) is 0 Å². The van der Waals surface area contributed by atoms with Crippen molar-refractivity contribution in [3.8, 4) is 44.8 Å². The molecule has 0 unspecified atom stereocenters. The molecular formula is C48H32N2. The quantitative estimate of drug-likeness (QED) is 0.178. The molecule has 10 rings (SSSR count). The number of fused-ring (bicyclic) bond motifs is 7. The molecule has 0 spiro atoms. The molecule has 0 saturated heterocycles. The predicted octanol–water partition coefficient (Wildman–Crippen LogP) is 12.9. The van der Waals surface area contributed by atoms with Crippen LogP contribution in [0.15, 0.2) is 194 Å². The fourth-order valence-corrected chi connectivity index (χ4v) is 7.80. The molecule has 2 heterocycles. The van der Waals surface area contributed by atoms with E-state index in [4.69, 9.17) is 0 Å². The second-order valence-electron chi connectivity index (χ2n) is 13.0. The van der Waals surface area contributed by atoms with Gasteiger partial charge in [0.05, 0.1) is 22.1 Å². The van der Waals surface area contributed by atoms with Gasteiger partial charge in [0.1, 0.15) is 0 Å². The van der Waals surface area contributed by atoms with Gasteiger partial charge in [0.25, 0.3) is 0 Å². The van der Waals surface area contributed by atoms with Crippen molar-refractivity contribution in [2.75, 3.05) is 0 Å². The van der Waals surface area contributed by atoms with Crippen molar-refractivity contribution in [3.63, 3.8) is 0 Å². The van der Waals surface area contributed by atoms with Gasteiger partial charge in [-0.25, -0.2) is 0 Å². The van der Waals surface area contributed by atoms with Crippen LogP contribution in [0.4, 0.5) is 0 Å². The zero-order valence-electron chi connectivity index (χ0n) is 27.4. The maximum Gasteiger partial charge on any atom is 0.0548 e. The highest BCUT2D eigenvalue weighted by atomic mass is 15.0. The van der Waals surface area contributed by atoms with Crippen LogP contribution in [0.25, 0.3) is 88.4 Å². The molecule has 0 saturated carbocycles. The van der Waals surface area contributed by atoms with Gasteiger partial charge < -0.3 is 9.13 Å². The lowest BCUT2D eigenvalue weighted by Gasteiger charge is -2.11. The molecule has 2 nitrogen and oxygen atoms in total. The molecule has 2 heteroatoms. The highest BCUT2D eigenvalue weighted by Crippen LogP contribution is 2.43. The molecule has 234 valence electrons. The molecule has 0 amide bonds. The fourth-order valence-electron chi connectivity index (χ4n) is 7.80. The summed E-state index contributed by atoms with van der Waals surface area (Å²) < 4.78 is 4.87. The smallest absolute Gasteiger partial charge is 0.0548 e. The van der Waals surface area contributed by atoms with Gasteiger partial charge in [-0.3, -0.25) is 0 Å². The maximum absolute atomic E-state index is 2.44. The molecule has 0 aliphatic carbocycles. The van der Waals surface area contributed by atoms with Crippen molar-refractivity contribution in [3.05, 3.63) is 194 Å². The Hall–Kier alpha value is -6.64. The molecule has 10 aromatic rings. The first-order valence-electron chi connectivity index (χ1n) is 17.2. The largest absolute Gasteiger partial charge is 0.309 e. The summed E-state index contributed by atoms with van der Waals surface area (Å²) in [5, 5.41) is 5.06. The van der Waals surface area contributed by atoms with Gasteiger partial charge in [-0.15, -0.1) is 0 Å². The normalized spacial score (nSPS) is 11.6. The first-order valence-corrected chi connectivity index (χ1v) is 17.2. The number of aromatic nitrogens is 2. The van der Waals surface area contributed by atoms with Gasteiger partial charge >= 0.3 is 0 Å². The Bertz CT molecular complexity index is 2810. The monoisotopic (exact) mass is 636 g/mol. The standard InChI is InChI=1S/C48H32N2/c1-4-12-33(13-5-1)36-20-25-39(26-21-36)49-43-19-11-10-18-41(43)47-45(49)30-31-46-48(47)42-32-38(35-16-8-3-9-17-35)24-29-44(42)50(46)40-27-22-37(23-28-40)34-14-6-2-7-15-34/h1-32H. The number of rotatable bonds is 5. The lowest BCUT2D eigenvalue weighted by molar-refractivity contribution is 1.17. The Morgan fingerprint density at radius 3 is 1.12 bits per heavy atom. The Balaban J connectivity index is 1.25. The molecule has 0 bridgehead atoms. The lowest BCUT2D eigenvalue weighted by atomic mass is 10.0. The highest BCUT2D eigenvalue weighted by Gasteiger charge is 2.21. The zero-order chi connectivity index (χ0) is 33.0. The summed E-state index contributed by atoms with van der Waals surface area (Å²) in [4.78, 5) is 0. The van der Waals surface area contributed by atoms with Gasteiger partial charge in [0, 0.05) is 32.9 Å². The molecular weight excluding hydrogens is 605 g/mol. The van der Waals surface area contributed by atoms with E-state index < -0.39 is 0 Å². The van der Waals surface area contributed by atoms with E-state index in [0.29, 0.717) is 0 Å². The average molecular weight is 637 g/mol. The van der Waals surface area contributed by atoms with Gasteiger partial charge in [0.15, 0.2) is 0 Å². The van der Waals surface area contributed by atoms with E-state index in [1.54, 1.807) is 0 Å². The van der Waals surface area contributed by atoms with Crippen LogP contribution in [0.2, 0.25) is 0 Å². The summed E-state index contributed by atoms with van der Waals surface area (Å²) in [7, 11) is 0. The van der Waals surface area contributed by atoms with E-state index in [-0.39, 0.29) is 0 Å². The lowest BCUT2D eigenvalue weighted by Crippen LogP contribution is -1.95. The minimum absolute atomic E-state index is 1.15. The second-order valence-corrected chi connectivity index (χ2v) is 13.0. The number of nitrogens with zero attached hydrogens (tertiary/aromatic N) is 2. The molecule has 0 fully saturated rings. The number of benzene rings is 8. The maximum atomic E-state index is 2.44. The van der Waals surface area contributed by atoms with E-state index in [1.165, 1.54) is 77.0 Å². The minimum atomic E-state index is 1.15. The zero-order valence-corrected chi connectivity index (χ0v) is 27.4. The topological polar surface area (TPSA) is 9.86 Å². The van der Waals surface area contributed by atoms with Crippen LogP contribution >= 0.6 is 0 Å². The van der Waals surface area contributed by atoms with E-state index in [2.05, 4.69) is 203 Å². The molecule has 0 aliphatic rings. The van der Waals surface area contributed by atoms with Crippen LogP contribution in [0, 0.1) is 0 Å². The third kappa shape index (κ3) is 4.50. The fraction of sp³-hybridized carbons (Fsp3) is 0. The van der Waals surface area contributed by atoms with Crippen molar-refractivity contribution < 1.29 is 0 Å². The van der Waals surface area contributed by atoms with E-state index >= 15 is 0 Å². The summed E-state index contributed by atoms with van der Waals surface area (Å²) in [6.07, 6.45) is 0. The van der Waals surface area contributed by atoms with Crippen molar-refractivity contribution in [2.45, 2.75) is 0 Å². The van der Waals surface area contributed by atoms with Crippen molar-refractivity contribution in [1.82, 2.24) is 9.13 Å². The third-order valence-electron chi connectivity index (χ3n) is 10.1. The summed E-state index contributed by atoms with van der Waals surface area (Å²) in [5.74, 6) is 0. The van der Waals surface area contributed by atoms with Crippen molar-refractivity contribution >= 4 is 43.6 Å². The van der Waals surface area contributed by atoms with Crippen LogP contribution in [-0.2, 0) is 0 Å². The van der Waals surface area contributed by atoms with Crippen LogP contribution in [0.3, 0.4) is 0 Å². The third-order valence-corrected chi connectivity index (χ3v) is 10.1. The molecule has 0 N–H and O–H groups in total. The van der Waals surface area contributed by atoms with Gasteiger partial charge in [-0.2, -0.15) is 0 Å². The SMILES string of the molecule is c1ccc(-c2ccc(-n3c4ccccc4c4c5c6cc(-c7ccccc7)ccc6n(-c6ccc(-c7ccccc7)cc6)c5ccc43)cc2)cc1. The Labute approximate surface area is 290 Å². The van der Waals surface area contributed by atoms with E-state index in [1.807, 2.05) is 0 Å². The van der Waals surface area contributed by atoms with Crippen LogP contribution < -0.4 is 0 Å². The minimum Gasteiger partial charge on any atom is -0.309 e. The van der Waals surface area contributed by atoms with Gasteiger partial charge in [-0.1, -0.05) is 140 Å². The summed E-state index contributed by atoms with van der Waals surface area (Å²) in [6.45, 7) is 0. The molecule has 50 heavy (non-hydrogen) atoms. The highest BCUT2D eigenvalue weighted by molar-refractivity contribution is 6.29. The van der Waals surface area contributed by atoms with Gasteiger partial charge in [0.2, 0.25) is 0 Å². The number of hydrogen-bond donors (Lipinski definition) is 0. The van der Waals surface area contributed by atoms with E-state index in [0.717, 1.165) is 11.4 Å². The number of hydrogen-bond acceptors (Lipinski definition) is 0. The van der Waals surface area contributed by atoms with Gasteiger partial charge in [-0.05, 0) is 88.0 Å². The molecule has 8 aromatic carbocycles. The Kier molecular flexibility index (Phi) is 6.53. The Morgan fingerprint density at radius 2 is 0.600 bits per heavy atom. The summed E-state index contributed by atoms with van der Waals surface area (Å²) in [6, 6.07) is 70.3. The first kappa shape index (κ1) is 28.4. The van der Waals surface area contributed by atoms with Crippen LogP contribution in [-0.4, -0.2) is 9.13 Å². The summed E-state index contributed by atoms with van der Waals surface area (Å²) >= 11 is 0.